The summed E-state index contributed by atoms with van der Waals surface area (Å²) in [7, 11) is 2.12. The number of aromatic nitrogens is 8. The van der Waals surface area contributed by atoms with E-state index in [9.17, 15) is 14.9 Å². The number of amides is 2. The van der Waals surface area contributed by atoms with Crippen LogP contribution in [-0.2, 0) is 29.0 Å². The van der Waals surface area contributed by atoms with E-state index in [0.717, 1.165) is 106 Å². The van der Waals surface area contributed by atoms with Crippen molar-refractivity contribution in [3.8, 4) is 12.1 Å². The molecule has 21 heteroatoms. The fourth-order valence-corrected chi connectivity index (χ4v) is 12.3. The third-order valence-electron chi connectivity index (χ3n) is 16.2. The van der Waals surface area contributed by atoms with Gasteiger partial charge in [0.05, 0.1) is 71.7 Å². The van der Waals surface area contributed by atoms with Crippen molar-refractivity contribution in [1.29, 1.82) is 5.26 Å². The zero-order chi connectivity index (χ0) is 53.8. The third-order valence-corrected chi connectivity index (χ3v) is 16.5. The smallest absolute Gasteiger partial charge is 0.410 e. The predicted octanol–water partition coefficient (Wildman–Crippen LogP) is 7.65. The summed E-state index contributed by atoms with van der Waals surface area (Å²) < 4.78 is 14.1. The first-order chi connectivity index (χ1) is 37.9. The van der Waals surface area contributed by atoms with E-state index in [1.807, 2.05) is 44.3 Å². The Morgan fingerprint density at radius 2 is 1.74 bits per heavy atom. The van der Waals surface area contributed by atoms with Crippen LogP contribution in [0.3, 0.4) is 0 Å². The van der Waals surface area contributed by atoms with Gasteiger partial charge in [-0.2, -0.15) is 34.8 Å². The summed E-state index contributed by atoms with van der Waals surface area (Å²) >= 11 is 6.82. The Kier molecular flexibility index (Phi) is 13.9. The quantitative estimate of drug-likeness (QED) is 0.100. The van der Waals surface area contributed by atoms with Crippen LogP contribution in [0.15, 0.2) is 72.9 Å². The Morgan fingerprint density at radius 3 is 2.53 bits per heavy atom. The molecule has 4 aliphatic heterocycles. The van der Waals surface area contributed by atoms with Crippen molar-refractivity contribution in [1.82, 2.24) is 54.2 Å². The van der Waals surface area contributed by atoms with Gasteiger partial charge in [0.2, 0.25) is 11.9 Å². The zero-order valence-corrected chi connectivity index (χ0v) is 45.4. The SMILES string of the molecule is C=C(COC(=O)N1[C@H](C)CN(c2nc(NCc3nc4ccc(C)cc4[nH]3)n3ncc(C4CC4)c3n2)C[C@@H]1C)C(=O)N1CCN(c2nc(OC[C@@H]3CCCN3C)nc3c2CCN(c2cccc4cccc(Cl)c24)C3)C[C@@H]1CC#N. The largest absolute Gasteiger partial charge is 0.462 e. The topological polar surface area (TPSA) is 205 Å². The van der Waals surface area contributed by atoms with E-state index in [2.05, 4.69) is 86.9 Å². The van der Waals surface area contributed by atoms with E-state index >= 15 is 0 Å². The number of nitrogens with zero attached hydrogens (tertiary/aromatic N) is 14. The number of halogens is 1. The minimum atomic E-state index is -0.540. The van der Waals surface area contributed by atoms with Crippen molar-refractivity contribution in [2.45, 2.75) is 102 Å². The van der Waals surface area contributed by atoms with Crippen LogP contribution >= 0.6 is 11.6 Å². The molecule has 1 aliphatic carbocycles. The van der Waals surface area contributed by atoms with Gasteiger partial charge in [0.15, 0.2) is 5.65 Å². The van der Waals surface area contributed by atoms with E-state index < -0.39 is 12.1 Å². The maximum absolute atomic E-state index is 14.3. The number of carbonyl (C=O) groups excluding carboxylic acids is 2. The minimum absolute atomic E-state index is 0.0903. The molecule has 5 aliphatic rings. The van der Waals surface area contributed by atoms with Crippen molar-refractivity contribution < 1.29 is 19.1 Å². The summed E-state index contributed by atoms with van der Waals surface area (Å²) in [4.78, 5) is 69.0. The maximum Gasteiger partial charge on any atom is 0.410 e. The van der Waals surface area contributed by atoms with Gasteiger partial charge < -0.3 is 44.3 Å². The molecule has 4 aromatic heterocycles. The molecule has 404 valence electrons. The number of hydrogen-bond donors (Lipinski definition) is 2. The highest BCUT2D eigenvalue weighted by atomic mass is 35.5. The monoisotopic (exact) mass is 1070 g/mol. The lowest BCUT2D eigenvalue weighted by Gasteiger charge is -2.44. The van der Waals surface area contributed by atoms with E-state index in [0.29, 0.717) is 87.7 Å². The second-order valence-electron chi connectivity index (χ2n) is 21.8. The summed E-state index contributed by atoms with van der Waals surface area (Å²) in [6.45, 7) is 15.0. The number of benzene rings is 3. The lowest BCUT2D eigenvalue weighted by atomic mass is 10.0. The van der Waals surface area contributed by atoms with Gasteiger partial charge in [-0.3, -0.25) is 9.69 Å². The highest BCUT2D eigenvalue weighted by molar-refractivity contribution is 6.36. The molecule has 0 bridgehead atoms. The Hall–Kier alpha value is -7.76. The van der Waals surface area contributed by atoms with Crippen LogP contribution in [0.1, 0.15) is 80.1 Å². The van der Waals surface area contributed by atoms with Crippen molar-refractivity contribution in [3.05, 3.63) is 106 Å². The molecule has 2 N–H and O–H groups in total. The molecule has 78 heavy (non-hydrogen) atoms. The molecular weight excluding hydrogens is 1010 g/mol. The van der Waals surface area contributed by atoms with Gasteiger partial charge in [0.1, 0.15) is 24.9 Å². The second-order valence-corrected chi connectivity index (χ2v) is 22.2. The number of piperazine rings is 2. The van der Waals surface area contributed by atoms with Crippen LogP contribution in [0.5, 0.6) is 6.01 Å². The summed E-state index contributed by atoms with van der Waals surface area (Å²) in [6.07, 6.45) is 6.48. The number of anilines is 4. The first-order valence-electron chi connectivity index (χ1n) is 27.3. The molecule has 4 atom stereocenters. The number of ether oxygens (including phenoxy) is 2. The van der Waals surface area contributed by atoms with E-state index in [4.69, 9.17) is 51.1 Å². The first kappa shape index (κ1) is 51.0. The summed E-state index contributed by atoms with van der Waals surface area (Å²) in [5, 5.41) is 21.1. The van der Waals surface area contributed by atoms with Crippen molar-refractivity contribution >= 4 is 74.5 Å². The fraction of sp³-hybridized carbons (Fsp3) is 0.456. The van der Waals surface area contributed by atoms with Gasteiger partial charge in [-0.15, -0.1) is 0 Å². The summed E-state index contributed by atoms with van der Waals surface area (Å²) in [6, 6.07) is 20.2. The Bertz CT molecular complexity index is 3480. The molecule has 0 spiro atoms. The van der Waals surface area contributed by atoms with Crippen molar-refractivity contribution in [2.75, 3.05) is 86.1 Å². The highest BCUT2D eigenvalue weighted by Crippen LogP contribution is 2.42. The average Bonchev–Trinajstić information content (AvgIpc) is 3.99. The number of hydrogen-bond acceptors (Lipinski definition) is 16. The van der Waals surface area contributed by atoms with Crippen LogP contribution < -0.4 is 24.8 Å². The number of likely N-dealkylation sites (tertiary alicyclic amines) is 1. The molecule has 2 amide bonds. The van der Waals surface area contributed by atoms with Gasteiger partial charge in [0.25, 0.3) is 5.91 Å². The number of H-pyrrole nitrogens is 1. The third kappa shape index (κ3) is 10.0. The number of likely N-dealkylation sites (N-methyl/N-ethyl adjacent to an activating group) is 1. The number of nitriles is 1. The molecular formula is C57H65ClN16O4. The normalized spacial score (nSPS) is 20.8. The molecule has 12 rings (SSSR count). The minimum Gasteiger partial charge on any atom is -0.462 e. The number of aromatic amines is 1. The molecule has 20 nitrogen and oxygen atoms in total. The number of fused-ring (bicyclic) bond motifs is 4. The number of nitrogens with one attached hydrogen (secondary N) is 2. The summed E-state index contributed by atoms with van der Waals surface area (Å²) in [5.74, 6) is 2.69. The van der Waals surface area contributed by atoms with Crippen LogP contribution in [-0.4, -0.2) is 156 Å². The van der Waals surface area contributed by atoms with Crippen LogP contribution in [0.2, 0.25) is 5.02 Å². The fourth-order valence-electron chi connectivity index (χ4n) is 12.0. The molecule has 1 saturated carbocycles. The van der Waals surface area contributed by atoms with Crippen LogP contribution in [0.25, 0.3) is 27.5 Å². The molecule has 4 fully saturated rings. The average molecular weight is 1070 g/mol. The summed E-state index contributed by atoms with van der Waals surface area (Å²) in [5.41, 5.74) is 7.97. The predicted molar refractivity (Wildman–Crippen MR) is 299 cm³/mol. The Labute approximate surface area is 458 Å². The van der Waals surface area contributed by atoms with Gasteiger partial charge in [-0.1, -0.05) is 48.5 Å². The lowest BCUT2D eigenvalue weighted by molar-refractivity contribution is -0.130. The molecule has 3 aromatic carbocycles. The molecule has 7 aromatic rings. The van der Waals surface area contributed by atoms with Crippen LogP contribution in [0.4, 0.5) is 28.2 Å². The molecule has 0 radical (unpaired) electrons. The van der Waals surface area contributed by atoms with E-state index in [1.54, 1.807) is 14.3 Å². The number of carbonyl (C=O) groups is 2. The standard InChI is InChI=1S/C57H65ClN16O4/c1-34-14-17-45-46(25-34)63-49(62-45)27-60-54-67-55(65-52-43(38-15-16-38)26-61-74(52)54)71-28-36(3)73(37(4)29-71)57(76)78-32-35(2)53(75)72-24-23-70(30-40(72)18-20-59)51-42-19-22-69(48-13-7-10-39-9-6-12-44(58)50(39)48)31-47(42)64-56(66-51)77-33-41-11-8-21-68(41)5/h6-7,9-10,12-14,17,25-26,36-38,40-41H,2,8,11,15-16,18-19,21-24,27-33H2,1,3-5H3,(H,62,63)(H,60,65,67)/t36-,37+,40-,41-/m0/s1. The van der Waals surface area contributed by atoms with Gasteiger partial charge in [-0.25, -0.2) is 9.78 Å². The van der Waals surface area contributed by atoms with Crippen molar-refractivity contribution in [2.24, 2.45) is 0 Å². The zero-order valence-electron chi connectivity index (χ0n) is 44.7. The Balaban J connectivity index is 0.707. The van der Waals surface area contributed by atoms with Gasteiger partial charge in [0, 0.05) is 73.1 Å². The number of imidazole rings is 1. The molecule has 8 heterocycles. The molecule has 0 unspecified atom stereocenters. The lowest BCUT2D eigenvalue weighted by Crippen LogP contribution is -2.59. The van der Waals surface area contributed by atoms with Crippen molar-refractivity contribution in [3.63, 3.8) is 0 Å². The van der Waals surface area contributed by atoms with E-state index in [1.165, 1.54) is 0 Å². The number of rotatable bonds is 14. The van der Waals surface area contributed by atoms with E-state index in [-0.39, 0.29) is 42.6 Å². The first-order valence-corrected chi connectivity index (χ1v) is 27.7. The maximum atomic E-state index is 14.3. The highest BCUT2D eigenvalue weighted by Gasteiger charge is 2.39. The second kappa shape index (κ2) is 21.2. The van der Waals surface area contributed by atoms with Gasteiger partial charge in [-0.05, 0) is 108 Å². The van der Waals surface area contributed by atoms with Gasteiger partial charge >= 0.3 is 12.1 Å². The molecule has 3 saturated heterocycles. The Morgan fingerprint density at radius 1 is 0.923 bits per heavy atom. The van der Waals surface area contributed by atoms with Crippen LogP contribution in [0, 0.1) is 18.3 Å². The number of aryl methyl sites for hydroxylation is 1.